The van der Waals surface area contributed by atoms with Crippen LogP contribution in [-0.4, -0.2) is 39.3 Å². The van der Waals surface area contributed by atoms with Gasteiger partial charge in [-0.3, -0.25) is 10.1 Å². The summed E-state index contributed by atoms with van der Waals surface area (Å²) in [5.74, 6) is 6.34. The van der Waals surface area contributed by atoms with Crippen molar-refractivity contribution >= 4 is 11.4 Å². The van der Waals surface area contributed by atoms with Gasteiger partial charge in [0.1, 0.15) is 5.84 Å². The quantitative estimate of drug-likeness (QED) is 0.296. The van der Waals surface area contributed by atoms with Crippen molar-refractivity contribution in [2.75, 3.05) is 13.2 Å². The van der Waals surface area contributed by atoms with Gasteiger partial charge in [0, 0.05) is 6.20 Å². The molecule has 1 aromatic rings. The van der Waals surface area contributed by atoms with Crippen LogP contribution in [0.15, 0.2) is 11.2 Å². The number of hydrogen-bond donors (Lipinski definition) is 4. The fourth-order valence-electron chi connectivity index (χ4n) is 1.09. The van der Waals surface area contributed by atoms with E-state index in [0.717, 1.165) is 0 Å². The minimum Gasteiger partial charge on any atom is -0.404 e. The molecule has 0 saturated heterocycles. The fourth-order valence-corrected chi connectivity index (χ4v) is 1.09. The third-order valence-corrected chi connectivity index (χ3v) is 1.79. The minimum absolute atomic E-state index is 0.0842. The summed E-state index contributed by atoms with van der Waals surface area (Å²) in [4.78, 5) is 8.00. The van der Waals surface area contributed by atoms with Crippen LogP contribution in [0.1, 0.15) is 18.6 Å². The smallest absolute Gasteiger partial charge is 0.201 e. The number of hydrogen-bond acceptors (Lipinski definition) is 5. The van der Waals surface area contributed by atoms with E-state index in [9.17, 15) is 0 Å². The van der Waals surface area contributed by atoms with Crippen LogP contribution in [0.2, 0.25) is 0 Å². The van der Waals surface area contributed by atoms with Crippen molar-refractivity contribution in [1.29, 1.82) is 0 Å². The zero-order chi connectivity index (χ0) is 12.7. The Bertz CT molecular complexity index is 490. The highest BCUT2D eigenvalue weighted by atomic mass is 16.3. The largest absolute Gasteiger partial charge is 0.404 e. The molecule has 0 atom stereocenters. The lowest BCUT2D eigenvalue weighted by Gasteiger charge is -2.00. The first-order chi connectivity index (χ1) is 8.22. The Morgan fingerprint density at radius 2 is 2.41 bits per heavy atom. The summed E-state index contributed by atoms with van der Waals surface area (Å²) in [6.07, 6.45) is 1.27. The fraction of sp³-hybridized carbons (Fsp3) is 0.300. The maximum atomic E-state index is 8.65. The SMILES string of the molecule is CC#Cc1nc(C(=CN)C(N)=NCCO)n[nH]1. The molecule has 1 rings (SSSR count). The molecule has 0 amide bonds. The summed E-state index contributed by atoms with van der Waals surface area (Å²) in [6, 6.07) is 0. The zero-order valence-electron chi connectivity index (χ0n) is 9.44. The van der Waals surface area contributed by atoms with Gasteiger partial charge in [0.2, 0.25) is 5.82 Å². The van der Waals surface area contributed by atoms with Crippen molar-refractivity contribution in [3.63, 3.8) is 0 Å². The van der Waals surface area contributed by atoms with Crippen LogP contribution in [0.5, 0.6) is 0 Å². The van der Waals surface area contributed by atoms with E-state index in [1.807, 2.05) is 0 Å². The molecule has 1 heterocycles. The topological polar surface area (TPSA) is 126 Å². The first-order valence-electron chi connectivity index (χ1n) is 4.91. The van der Waals surface area contributed by atoms with E-state index in [4.69, 9.17) is 16.6 Å². The molecule has 90 valence electrons. The molecule has 17 heavy (non-hydrogen) atoms. The molecule has 0 fully saturated rings. The molecule has 0 aliphatic heterocycles. The first kappa shape index (κ1) is 12.7. The summed E-state index contributed by atoms with van der Waals surface area (Å²) in [7, 11) is 0. The number of amidine groups is 1. The molecule has 0 radical (unpaired) electrons. The molecule has 0 aromatic carbocycles. The third kappa shape index (κ3) is 3.32. The van der Waals surface area contributed by atoms with Crippen LogP contribution >= 0.6 is 0 Å². The summed E-state index contributed by atoms with van der Waals surface area (Å²) in [5, 5.41) is 15.2. The van der Waals surface area contributed by atoms with E-state index in [1.54, 1.807) is 6.92 Å². The monoisotopic (exact) mass is 234 g/mol. The molecule has 0 saturated carbocycles. The van der Waals surface area contributed by atoms with Gasteiger partial charge in [-0.15, -0.1) is 0 Å². The second kappa shape index (κ2) is 6.30. The Labute approximate surface area is 98.6 Å². The summed E-state index contributed by atoms with van der Waals surface area (Å²) < 4.78 is 0. The van der Waals surface area contributed by atoms with Crippen molar-refractivity contribution in [1.82, 2.24) is 15.2 Å². The zero-order valence-corrected chi connectivity index (χ0v) is 9.44. The van der Waals surface area contributed by atoms with Crippen LogP contribution in [-0.2, 0) is 0 Å². The minimum atomic E-state index is -0.0842. The molecule has 1 aromatic heterocycles. The van der Waals surface area contributed by atoms with E-state index in [1.165, 1.54) is 6.20 Å². The van der Waals surface area contributed by atoms with Gasteiger partial charge >= 0.3 is 0 Å². The number of nitrogens with zero attached hydrogens (tertiary/aromatic N) is 3. The van der Waals surface area contributed by atoms with Crippen LogP contribution < -0.4 is 11.5 Å². The van der Waals surface area contributed by atoms with Gasteiger partial charge in [-0.05, 0) is 12.8 Å². The van der Waals surface area contributed by atoms with Crippen molar-refractivity contribution in [2.45, 2.75) is 6.92 Å². The first-order valence-corrected chi connectivity index (χ1v) is 4.91. The second-order valence-corrected chi connectivity index (χ2v) is 2.95. The molecule has 0 aliphatic carbocycles. The van der Waals surface area contributed by atoms with Crippen molar-refractivity contribution < 1.29 is 5.11 Å². The number of aliphatic imine (C=N–C) groups is 1. The Balaban J connectivity index is 2.97. The lowest BCUT2D eigenvalue weighted by Crippen LogP contribution is -2.17. The molecule has 0 bridgehead atoms. The van der Waals surface area contributed by atoms with Crippen LogP contribution in [0.25, 0.3) is 5.57 Å². The Hall–Kier alpha value is -2.33. The van der Waals surface area contributed by atoms with E-state index < -0.39 is 0 Å². The van der Waals surface area contributed by atoms with Crippen molar-refractivity contribution in [2.24, 2.45) is 16.5 Å². The van der Waals surface area contributed by atoms with Gasteiger partial charge in [0.25, 0.3) is 0 Å². The van der Waals surface area contributed by atoms with Crippen LogP contribution in [0.3, 0.4) is 0 Å². The summed E-state index contributed by atoms with van der Waals surface area (Å²) in [5.41, 5.74) is 11.5. The molecule has 0 spiro atoms. The summed E-state index contributed by atoms with van der Waals surface area (Å²) in [6.45, 7) is 1.81. The molecular weight excluding hydrogens is 220 g/mol. The molecule has 0 aliphatic rings. The second-order valence-electron chi connectivity index (χ2n) is 2.95. The molecule has 7 heteroatoms. The van der Waals surface area contributed by atoms with Gasteiger partial charge in [-0.2, -0.15) is 10.1 Å². The van der Waals surface area contributed by atoms with Crippen LogP contribution in [0.4, 0.5) is 0 Å². The Morgan fingerprint density at radius 1 is 1.65 bits per heavy atom. The Morgan fingerprint density at radius 3 is 3.00 bits per heavy atom. The van der Waals surface area contributed by atoms with E-state index in [-0.39, 0.29) is 19.0 Å². The number of aromatic nitrogens is 3. The number of aliphatic hydroxyl groups is 1. The molecular formula is C10H14N6O. The van der Waals surface area contributed by atoms with E-state index >= 15 is 0 Å². The number of nitrogens with two attached hydrogens (primary N) is 2. The molecule has 0 unspecified atom stereocenters. The van der Waals surface area contributed by atoms with Crippen LogP contribution in [0, 0.1) is 11.8 Å². The maximum Gasteiger partial charge on any atom is 0.201 e. The normalized spacial score (nSPS) is 12.1. The van der Waals surface area contributed by atoms with Gasteiger partial charge in [-0.1, -0.05) is 5.92 Å². The van der Waals surface area contributed by atoms with E-state index in [2.05, 4.69) is 32.0 Å². The predicted molar refractivity (Wildman–Crippen MR) is 64.7 cm³/mol. The van der Waals surface area contributed by atoms with Gasteiger partial charge in [0.15, 0.2) is 5.82 Å². The highest BCUT2D eigenvalue weighted by Gasteiger charge is 2.11. The molecule has 7 nitrogen and oxygen atoms in total. The summed E-state index contributed by atoms with van der Waals surface area (Å²) >= 11 is 0. The van der Waals surface area contributed by atoms with E-state index in [0.29, 0.717) is 17.2 Å². The predicted octanol–water partition coefficient (Wildman–Crippen LogP) is -1.17. The maximum absolute atomic E-state index is 8.65. The average Bonchev–Trinajstić information content (AvgIpc) is 2.76. The van der Waals surface area contributed by atoms with Crippen molar-refractivity contribution in [3.05, 3.63) is 17.8 Å². The lowest BCUT2D eigenvalue weighted by molar-refractivity contribution is 0.307. The van der Waals surface area contributed by atoms with Gasteiger partial charge < -0.3 is 16.6 Å². The third-order valence-electron chi connectivity index (χ3n) is 1.79. The number of aromatic amines is 1. The van der Waals surface area contributed by atoms with Crippen molar-refractivity contribution in [3.8, 4) is 11.8 Å². The molecule has 6 N–H and O–H groups in total. The van der Waals surface area contributed by atoms with Gasteiger partial charge in [0.05, 0.1) is 18.7 Å². The lowest BCUT2D eigenvalue weighted by atomic mass is 10.2. The number of H-pyrrole nitrogens is 1. The highest BCUT2D eigenvalue weighted by molar-refractivity contribution is 6.20. The highest BCUT2D eigenvalue weighted by Crippen LogP contribution is 2.07. The number of aliphatic hydroxyl groups excluding tert-OH is 1. The average molecular weight is 234 g/mol. The number of nitrogens with one attached hydrogen (secondary N) is 1. The Kier molecular flexibility index (Phi) is 4.72. The standard InChI is InChI=1S/C10H14N6O/c1-2-3-8-14-10(16-15-8)7(6-11)9(12)13-4-5-17/h6,17H,4-5,11H2,1H3,(H2,12,13)(H,14,15,16). The van der Waals surface area contributed by atoms with Gasteiger partial charge in [-0.25, -0.2) is 0 Å². The number of rotatable bonds is 4.